The minimum Gasteiger partial charge on any atom is -0.394 e. The van der Waals surface area contributed by atoms with Crippen molar-refractivity contribution in [3.8, 4) is 0 Å². The molecule has 3 atom stereocenters. The number of carbonyl (C=O) groups excluding carboxylic acids is 1. The number of benzene rings is 1. The van der Waals surface area contributed by atoms with Gasteiger partial charge >= 0.3 is 0 Å². The first-order valence-corrected chi connectivity index (χ1v) is 6.94. The summed E-state index contributed by atoms with van der Waals surface area (Å²) in [6.07, 6.45) is 1.39. The zero-order chi connectivity index (χ0) is 14.4. The summed E-state index contributed by atoms with van der Waals surface area (Å²) < 4.78 is 5.23. The highest BCUT2D eigenvalue weighted by Crippen LogP contribution is 2.10. The largest absolute Gasteiger partial charge is 0.394 e. The first kappa shape index (κ1) is 15.0. The summed E-state index contributed by atoms with van der Waals surface area (Å²) in [6, 6.07) is 9.34. The molecule has 1 heterocycles. The average molecular weight is 278 g/mol. The number of hydrogen-bond donors (Lipinski definition) is 3. The molecule has 5 heteroatoms. The Bertz CT molecular complexity index is 424. The number of aliphatic hydroxyl groups excluding tert-OH is 1. The predicted octanol–water partition coefficient (Wildman–Crippen LogP) is 0.0831. The lowest BCUT2D eigenvalue weighted by Gasteiger charge is -2.19. The van der Waals surface area contributed by atoms with Gasteiger partial charge in [-0.25, -0.2) is 0 Å². The highest BCUT2D eigenvalue weighted by molar-refractivity contribution is 5.82. The molecule has 1 aliphatic rings. The van der Waals surface area contributed by atoms with Gasteiger partial charge in [-0.15, -0.1) is 0 Å². The summed E-state index contributed by atoms with van der Waals surface area (Å²) in [4.78, 5) is 12.1. The Kier molecular flexibility index (Phi) is 5.52. The van der Waals surface area contributed by atoms with Crippen LogP contribution in [0.5, 0.6) is 0 Å². The summed E-state index contributed by atoms with van der Waals surface area (Å²) >= 11 is 0. The maximum atomic E-state index is 12.1. The number of hydrogen-bond acceptors (Lipinski definition) is 4. The summed E-state index contributed by atoms with van der Waals surface area (Å²) in [5, 5.41) is 15.4. The maximum absolute atomic E-state index is 12.1. The highest BCUT2D eigenvalue weighted by Gasteiger charge is 2.30. The van der Waals surface area contributed by atoms with Crippen LogP contribution in [0.15, 0.2) is 30.3 Å². The van der Waals surface area contributed by atoms with Crippen molar-refractivity contribution in [2.75, 3.05) is 20.3 Å². The van der Waals surface area contributed by atoms with Gasteiger partial charge in [0, 0.05) is 13.7 Å². The Morgan fingerprint density at radius 3 is 2.85 bits per heavy atom. The molecule has 0 spiro atoms. The average Bonchev–Trinajstić information content (AvgIpc) is 2.96. The summed E-state index contributed by atoms with van der Waals surface area (Å²) in [7, 11) is 1.65. The van der Waals surface area contributed by atoms with Gasteiger partial charge in [0.1, 0.15) is 0 Å². The van der Waals surface area contributed by atoms with E-state index < -0.39 is 0 Å². The molecule has 0 aromatic heterocycles. The second-order valence-corrected chi connectivity index (χ2v) is 5.13. The Morgan fingerprint density at radius 1 is 1.50 bits per heavy atom. The molecule has 1 aromatic rings. The number of nitrogens with one attached hydrogen (secondary N) is 2. The third-order valence-electron chi connectivity index (χ3n) is 3.63. The molecule has 2 unspecified atom stereocenters. The van der Waals surface area contributed by atoms with Crippen molar-refractivity contribution in [3.63, 3.8) is 0 Å². The highest BCUT2D eigenvalue weighted by atomic mass is 16.5. The monoisotopic (exact) mass is 278 g/mol. The van der Waals surface area contributed by atoms with Gasteiger partial charge in [-0.2, -0.15) is 0 Å². The first-order chi connectivity index (χ1) is 9.72. The summed E-state index contributed by atoms with van der Waals surface area (Å²) in [5.41, 5.74) is 1.10. The van der Waals surface area contributed by atoms with E-state index in [1.165, 1.54) is 0 Å². The predicted molar refractivity (Wildman–Crippen MR) is 76.4 cm³/mol. The van der Waals surface area contributed by atoms with Gasteiger partial charge in [0.15, 0.2) is 0 Å². The summed E-state index contributed by atoms with van der Waals surface area (Å²) in [5.74, 6) is -0.0699. The minimum atomic E-state index is -0.256. The molecule has 1 saturated heterocycles. The quantitative estimate of drug-likeness (QED) is 0.689. The van der Waals surface area contributed by atoms with Gasteiger partial charge in [-0.05, 0) is 18.4 Å². The molecular formula is C15H22N2O3. The van der Waals surface area contributed by atoms with Gasteiger partial charge in [0.25, 0.3) is 0 Å². The molecule has 3 N–H and O–H groups in total. The van der Waals surface area contributed by atoms with E-state index in [0.717, 1.165) is 5.56 Å². The lowest BCUT2D eigenvalue weighted by molar-refractivity contribution is -0.124. The van der Waals surface area contributed by atoms with Crippen molar-refractivity contribution >= 4 is 5.91 Å². The van der Waals surface area contributed by atoms with Crippen LogP contribution in [0.25, 0.3) is 0 Å². The normalized spacial score (nSPS) is 23.5. The van der Waals surface area contributed by atoms with E-state index in [1.807, 2.05) is 30.3 Å². The number of amides is 1. The number of methoxy groups -OCH3 is 1. The molecule has 0 aliphatic carbocycles. The van der Waals surface area contributed by atoms with Crippen molar-refractivity contribution in [1.29, 1.82) is 0 Å². The third kappa shape index (κ3) is 4.03. The number of rotatable bonds is 6. The molecule has 0 saturated carbocycles. The van der Waals surface area contributed by atoms with Crippen LogP contribution in [0.1, 0.15) is 12.0 Å². The number of ether oxygens (including phenoxy) is 1. The van der Waals surface area contributed by atoms with Crippen molar-refractivity contribution in [2.45, 2.75) is 31.0 Å². The Hall–Kier alpha value is -1.43. The van der Waals surface area contributed by atoms with Gasteiger partial charge in [-0.3, -0.25) is 4.79 Å². The first-order valence-electron chi connectivity index (χ1n) is 6.94. The zero-order valence-electron chi connectivity index (χ0n) is 11.7. The van der Waals surface area contributed by atoms with Crippen LogP contribution in [0.4, 0.5) is 0 Å². The van der Waals surface area contributed by atoms with E-state index in [2.05, 4.69) is 10.6 Å². The van der Waals surface area contributed by atoms with Crippen molar-refractivity contribution < 1.29 is 14.6 Å². The summed E-state index contributed by atoms with van der Waals surface area (Å²) in [6.45, 7) is 0.623. The van der Waals surface area contributed by atoms with E-state index in [0.29, 0.717) is 19.4 Å². The lowest BCUT2D eigenvalue weighted by atomic mass is 10.1. The Morgan fingerprint density at radius 2 is 2.25 bits per heavy atom. The maximum Gasteiger partial charge on any atom is 0.237 e. The van der Waals surface area contributed by atoms with Crippen molar-refractivity contribution in [3.05, 3.63) is 35.9 Å². The molecule has 20 heavy (non-hydrogen) atoms. The molecule has 1 amide bonds. The molecule has 1 fully saturated rings. The SMILES string of the molecule is COC1CNC(C(=O)N[C@H](CO)Cc2ccccc2)C1. The Labute approximate surface area is 119 Å². The second-order valence-electron chi connectivity index (χ2n) is 5.13. The van der Waals surface area contributed by atoms with E-state index in [4.69, 9.17) is 4.74 Å². The molecule has 110 valence electrons. The number of aliphatic hydroxyl groups is 1. The van der Waals surface area contributed by atoms with Gasteiger partial charge in [0.2, 0.25) is 5.91 Å². The van der Waals surface area contributed by atoms with Crippen LogP contribution in [-0.4, -0.2) is 49.5 Å². The molecule has 5 nitrogen and oxygen atoms in total. The van der Waals surface area contributed by atoms with Gasteiger partial charge in [0.05, 0.1) is 24.8 Å². The molecular weight excluding hydrogens is 256 g/mol. The van der Waals surface area contributed by atoms with Crippen LogP contribution < -0.4 is 10.6 Å². The van der Waals surface area contributed by atoms with Crippen LogP contribution in [0.2, 0.25) is 0 Å². The van der Waals surface area contributed by atoms with E-state index in [9.17, 15) is 9.90 Å². The van der Waals surface area contributed by atoms with Crippen LogP contribution in [0, 0.1) is 0 Å². The molecule has 0 bridgehead atoms. The van der Waals surface area contributed by atoms with E-state index in [1.54, 1.807) is 7.11 Å². The van der Waals surface area contributed by atoms with Crippen LogP contribution >= 0.6 is 0 Å². The van der Waals surface area contributed by atoms with Crippen molar-refractivity contribution in [2.24, 2.45) is 0 Å². The fourth-order valence-corrected chi connectivity index (χ4v) is 2.44. The fourth-order valence-electron chi connectivity index (χ4n) is 2.44. The molecule has 2 rings (SSSR count). The lowest BCUT2D eigenvalue weighted by Crippen LogP contribution is -2.47. The Balaban J connectivity index is 1.85. The standard InChI is InChI=1S/C15H22N2O3/c1-20-13-8-14(16-9-13)15(19)17-12(10-18)7-11-5-3-2-4-6-11/h2-6,12-14,16,18H,7-10H2,1H3,(H,17,19)/t12-,13?,14?/m0/s1. The smallest absolute Gasteiger partial charge is 0.237 e. The van der Waals surface area contributed by atoms with Crippen LogP contribution in [-0.2, 0) is 16.0 Å². The fraction of sp³-hybridized carbons (Fsp3) is 0.533. The number of carbonyl (C=O) groups is 1. The van der Waals surface area contributed by atoms with E-state index >= 15 is 0 Å². The molecule has 1 aliphatic heterocycles. The van der Waals surface area contributed by atoms with Crippen molar-refractivity contribution in [1.82, 2.24) is 10.6 Å². The van der Waals surface area contributed by atoms with Gasteiger partial charge < -0.3 is 20.5 Å². The third-order valence-corrected chi connectivity index (χ3v) is 3.63. The zero-order valence-corrected chi connectivity index (χ0v) is 11.7. The van der Waals surface area contributed by atoms with Gasteiger partial charge in [-0.1, -0.05) is 30.3 Å². The molecule has 1 aromatic carbocycles. The molecule has 0 radical (unpaired) electrons. The topological polar surface area (TPSA) is 70.6 Å². The minimum absolute atomic E-state index is 0.0684. The second kappa shape index (κ2) is 7.38. The van der Waals surface area contributed by atoms with Crippen LogP contribution in [0.3, 0.4) is 0 Å². The van der Waals surface area contributed by atoms with E-state index in [-0.39, 0.29) is 30.7 Å².